The summed E-state index contributed by atoms with van der Waals surface area (Å²) in [5, 5.41) is 0. The van der Waals surface area contributed by atoms with Crippen LogP contribution in [0.15, 0.2) is 60.7 Å². The molecule has 31 heavy (non-hydrogen) atoms. The van der Waals surface area contributed by atoms with E-state index in [9.17, 15) is 9.18 Å². The van der Waals surface area contributed by atoms with Crippen LogP contribution in [-0.4, -0.2) is 17.4 Å². The normalized spacial score (nSPS) is 16.4. The molecule has 1 saturated heterocycles. The molecule has 0 bridgehead atoms. The summed E-state index contributed by atoms with van der Waals surface area (Å²) >= 11 is 0. The highest BCUT2D eigenvalue weighted by Gasteiger charge is 2.26. The summed E-state index contributed by atoms with van der Waals surface area (Å²) in [6.07, 6.45) is 2.34. The fourth-order valence-corrected chi connectivity index (χ4v) is 4.42. The number of likely N-dealkylation sites (tertiary alicyclic amines) is 1. The van der Waals surface area contributed by atoms with Gasteiger partial charge in [-0.25, -0.2) is 4.39 Å². The van der Waals surface area contributed by atoms with E-state index in [1.165, 1.54) is 41.3 Å². The van der Waals surface area contributed by atoms with Crippen molar-refractivity contribution in [2.24, 2.45) is 5.73 Å². The lowest BCUT2D eigenvalue weighted by Gasteiger charge is -2.25. The number of aryl methyl sites for hydroxylation is 2. The van der Waals surface area contributed by atoms with Crippen molar-refractivity contribution >= 4 is 5.91 Å². The number of primary amides is 1. The number of halogens is 1. The van der Waals surface area contributed by atoms with Crippen LogP contribution in [0.4, 0.5) is 4.39 Å². The van der Waals surface area contributed by atoms with Gasteiger partial charge in [-0.15, -0.1) is 0 Å². The van der Waals surface area contributed by atoms with E-state index in [1.807, 2.05) is 12.1 Å². The molecule has 1 aliphatic heterocycles. The third-order valence-electron chi connectivity index (χ3n) is 5.75. The predicted octanol–water partition coefficient (Wildman–Crippen LogP) is 5.67. The number of ether oxygens (including phenoxy) is 1. The summed E-state index contributed by atoms with van der Waals surface area (Å²) in [5.74, 6) is -1.02. The van der Waals surface area contributed by atoms with Gasteiger partial charge in [0.15, 0.2) is 11.6 Å². The first-order valence-electron chi connectivity index (χ1n) is 10.6. The molecule has 0 aliphatic carbocycles. The molecule has 4 rings (SSSR count). The Morgan fingerprint density at radius 1 is 1.10 bits per heavy atom. The van der Waals surface area contributed by atoms with Gasteiger partial charge in [-0.3, -0.25) is 9.69 Å². The lowest BCUT2D eigenvalue weighted by molar-refractivity contribution is 0.0997. The molecule has 3 aromatic rings. The number of nitrogens with zero attached hydrogens (tertiary/aromatic N) is 1. The molecule has 1 atom stereocenters. The minimum Gasteiger partial charge on any atom is -0.453 e. The van der Waals surface area contributed by atoms with Gasteiger partial charge >= 0.3 is 0 Å². The highest BCUT2D eigenvalue weighted by Crippen LogP contribution is 2.34. The number of para-hydroxylation sites is 1. The molecule has 3 aromatic carbocycles. The van der Waals surface area contributed by atoms with Crippen molar-refractivity contribution < 1.29 is 13.9 Å². The Morgan fingerprint density at radius 3 is 2.48 bits per heavy atom. The number of hydrogen-bond donors (Lipinski definition) is 1. The van der Waals surface area contributed by atoms with Gasteiger partial charge in [0.2, 0.25) is 0 Å². The number of nitrogens with two attached hydrogens (primary N) is 1. The number of rotatable bonds is 6. The van der Waals surface area contributed by atoms with Crippen LogP contribution in [0.1, 0.15) is 51.5 Å². The summed E-state index contributed by atoms with van der Waals surface area (Å²) < 4.78 is 19.8. The third-order valence-corrected chi connectivity index (χ3v) is 5.75. The summed E-state index contributed by atoms with van der Waals surface area (Å²) in [5.41, 5.74) is 10.5. The first-order valence-corrected chi connectivity index (χ1v) is 10.6. The summed E-state index contributed by atoms with van der Waals surface area (Å²) in [4.78, 5) is 14.1. The van der Waals surface area contributed by atoms with Crippen molar-refractivity contribution in [1.29, 1.82) is 0 Å². The second kappa shape index (κ2) is 8.90. The van der Waals surface area contributed by atoms with Crippen LogP contribution in [0.5, 0.6) is 11.5 Å². The minimum absolute atomic E-state index is 0.0254. The molecule has 160 valence electrons. The Balaban J connectivity index is 1.48. The van der Waals surface area contributed by atoms with Crippen LogP contribution in [0.3, 0.4) is 0 Å². The van der Waals surface area contributed by atoms with Crippen molar-refractivity contribution in [3.63, 3.8) is 0 Å². The molecule has 0 unspecified atom stereocenters. The lowest BCUT2D eigenvalue weighted by Crippen LogP contribution is -2.22. The van der Waals surface area contributed by atoms with Gasteiger partial charge in [-0.1, -0.05) is 47.5 Å². The fraction of sp³-hybridized carbons (Fsp3) is 0.269. The maximum Gasteiger partial charge on any atom is 0.252 e. The molecule has 0 radical (unpaired) electrons. The third kappa shape index (κ3) is 4.78. The van der Waals surface area contributed by atoms with Crippen LogP contribution in [0, 0.1) is 19.7 Å². The number of carbonyl (C=O) groups is 1. The summed E-state index contributed by atoms with van der Waals surface area (Å²) in [6.45, 7) is 6.19. The van der Waals surface area contributed by atoms with E-state index in [-0.39, 0.29) is 11.3 Å². The molecule has 1 fully saturated rings. The largest absolute Gasteiger partial charge is 0.453 e. The van der Waals surface area contributed by atoms with Gasteiger partial charge in [-0.2, -0.15) is 0 Å². The minimum atomic E-state index is -0.724. The van der Waals surface area contributed by atoms with Gasteiger partial charge in [0.05, 0.1) is 5.56 Å². The Labute approximate surface area is 182 Å². The van der Waals surface area contributed by atoms with E-state index >= 15 is 0 Å². The zero-order valence-electron chi connectivity index (χ0n) is 17.9. The zero-order valence-corrected chi connectivity index (χ0v) is 17.9. The smallest absolute Gasteiger partial charge is 0.252 e. The molecule has 1 heterocycles. The fourth-order valence-electron chi connectivity index (χ4n) is 4.42. The molecule has 1 amide bonds. The van der Waals surface area contributed by atoms with Crippen molar-refractivity contribution in [2.45, 2.75) is 39.3 Å². The number of carbonyl (C=O) groups excluding carboxylic acids is 1. The zero-order chi connectivity index (χ0) is 22.0. The standard InChI is InChI=1S/C26H27FN2O2/c1-17-13-18(2)15-20(14-17)24-7-4-12-29(24)16-19-8-10-21(11-9-19)31-25-22(26(28)30)5-3-6-23(25)27/h3,5-6,8-11,13-15,24H,4,7,12,16H2,1-2H3,(H2,28,30)/t24-/m0/s1. The van der Waals surface area contributed by atoms with E-state index < -0.39 is 11.7 Å². The summed E-state index contributed by atoms with van der Waals surface area (Å²) in [6, 6.07) is 18.9. The Morgan fingerprint density at radius 2 is 1.81 bits per heavy atom. The Hall–Kier alpha value is -3.18. The van der Waals surface area contributed by atoms with E-state index in [0.717, 1.165) is 25.1 Å². The van der Waals surface area contributed by atoms with Crippen molar-refractivity contribution in [2.75, 3.05) is 6.54 Å². The molecule has 5 heteroatoms. The molecule has 1 aliphatic rings. The second-order valence-corrected chi connectivity index (χ2v) is 8.28. The van der Waals surface area contributed by atoms with Crippen LogP contribution >= 0.6 is 0 Å². The van der Waals surface area contributed by atoms with Gasteiger partial charge in [0, 0.05) is 12.6 Å². The van der Waals surface area contributed by atoms with Gasteiger partial charge in [-0.05, 0) is 68.6 Å². The molecule has 2 N–H and O–H groups in total. The number of benzene rings is 3. The van der Waals surface area contributed by atoms with E-state index in [0.29, 0.717) is 11.8 Å². The Kier molecular flexibility index (Phi) is 6.05. The SMILES string of the molecule is Cc1cc(C)cc([C@@H]2CCCN2Cc2ccc(Oc3c(F)cccc3C(N)=O)cc2)c1. The van der Waals surface area contributed by atoms with E-state index in [4.69, 9.17) is 10.5 Å². The molecule has 0 aromatic heterocycles. The molecule has 4 nitrogen and oxygen atoms in total. The predicted molar refractivity (Wildman–Crippen MR) is 120 cm³/mol. The first kappa shape index (κ1) is 21.1. The lowest BCUT2D eigenvalue weighted by atomic mass is 9.99. The van der Waals surface area contributed by atoms with Crippen LogP contribution in [-0.2, 0) is 6.54 Å². The quantitative estimate of drug-likeness (QED) is 0.561. The first-order chi connectivity index (χ1) is 14.9. The van der Waals surface area contributed by atoms with Crippen molar-refractivity contribution in [1.82, 2.24) is 4.90 Å². The maximum atomic E-state index is 14.2. The van der Waals surface area contributed by atoms with E-state index in [2.05, 4.69) is 36.9 Å². The van der Waals surface area contributed by atoms with Crippen LogP contribution in [0.25, 0.3) is 0 Å². The molecular formula is C26H27FN2O2. The summed E-state index contributed by atoms with van der Waals surface area (Å²) in [7, 11) is 0. The van der Waals surface area contributed by atoms with Gasteiger partial charge in [0.25, 0.3) is 5.91 Å². The van der Waals surface area contributed by atoms with Gasteiger partial charge < -0.3 is 10.5 Å². The van der Waals surface area contributed by atoms with Crippen LogP contribution < -0.4 is 10.5 Å². The maximum absolute atomic E-state index is 14.2. The molecule has 0 saturated carbocycles. The molecule has 0 spiro atoms. The molecular weight excluding hydrogens is 391 g/mol. The monoisotopic (exact) mass is 418 g/mol. The Bertz CT molecular complexity index is 1070. The van der Waals surface area contributed by atoms with Crippen LogP contribution in [0.2, 0.25) is 0 Å². The van der Waals surface area contributed by atoms with Gasteiger partial charge in [0.1, 0.15) is 5.75 Å². The average Bonchev–Trinajstić information content (AvgIpc) is 3.18. The average molecular weight is 419 g/mol. The highest BCUT2D eigenvalue weighted by molar-refractivity contribution is 5.95. The highest BCUT2D eigenvalue weighted by atomic mass is 19.1. The second-order valence-electron chi connectivity index (χ2n) is 8.28. The van der Waals surface area contributed by atoms with Crippen molar-refractivity contribution in [3.8, 4) is 11.5 Å². The number of amides is 1. The number of hydrogen-bond acceptors (Lipinski definition) is 3. The van der Waals surface area contributed by atoms with Crippen molar-refractivity contribution in [3.05, 3.63) is 94.3 Å². The topological polar surface area (TPSA) is 55.6 Å². The van der Waals surface area contributed by atoms with E-state index in [1.54, 1.807) is 12.1 Å².